The number of amides is 2. The minimum absolute atomic E-state index is 0.0377. The lowest BCUT2D eigenvalue weighted by Crippen LogP contribution is -2.47. The SMILES string of the molecule is CCCC1NC(=O)CC(C)N(CCS(=O)(=O)CCC)C1=O. The minimum atomic E-state index is -3.13. The standard InChI is InChI=1S/C14H26N2O4S/c1-4-6-12-14(18)16(11(3)10-13(17)15-12)7-9-21(19,20)8-5-2/h11-12H,4-10H2,1-3H3,(H,15,17). The van der Waals surface area contributed by atoms with E-state index in [2.05, 4.69) is 5.32 Å². The van der Waals surface area contributed by atoms with Crippen molar-refractivity contribution in [2.75, 3.05) is 18.1 Å². The molecule has 1 rings (SSSR count). The molecule has 1 saturated heterocycles. The van der Waals surface area contributed by atoms with Gasteiger partial charge in [0, 0.05) is 24.8 Å². The third-order valence-corrected chi connectivity index (χ3v) is 5.50. The summed E-state index contributed by atoms with van der Waals surface area (Å²) in [5.74, 6) is -0.210. The van der Waals surface area contributed by atoms with E-state index < -0.39 is 15.9 Å². The van der Waals surface area contributed by atoms with Crippen LogP contribution >= 0.6 is 0 Å². The zero-order chi connectivity index (χ0) is 16.0. The number of rotatable bonds is 7. The van der Waals surface area contributed by atoms with Gasteiger partial charge in [-0.2, -0.15) is 0 Å². The minimum Gasteiger partial charge on any atom is -0.344 e. The van der Waals surface area contributed by atoms with Gasteiger partial charge in [0.25, 0.3) is 0 Å². The largest absolute Gasteiger partial charge is 0.344 e. The van der Waals surface area contributed by atoms with Gasteiger partial charge in [-0.15, -0.1) is 0 Å². The van der Waals surface area contributed by atoms with E-state index >= 15 is 0 Å². The number of carbonyl (C=O) groups excluding carboxylic acids is 2. The van der Waals surface area contributed by atoms with Crippen molar-refractivity contribution in [3.05, 3.63) is 0 Å². The molecule has 0 aromatic carbocycles. The van der Waals surface area contributed by atoms with Crippen LogP contribution in [0.5, 0.6) is 0 Å². The van der Waals surface area contributed by atoms with E-state index in [1.54, 1.807) is 11.8 Å². The highest BCUT2D eigenvalue weighted by atomic mass is 32.2. The third kappa shape index (κ3) is 5.30. The Morgan fingerprint density at radius 2 is 1.86 bits per heavy atom. The lowest BCUT2D eigenvalue weighted by atomic mass is 10.1. The molecular weight excluding hydrogens is 292 g/mol. The van der Waals surface area contributed by atoms with Crippen LogP contribution in [0.1, 0.15) is 46.5 Å². The van der Waals surface area contributed by atoms with Crippen molar-refractivity contribution in [2.45, 2.75) is 58.5 Å². The summed E-state index contributed by atoms with van der Waals surface area (Å²) >= 11 is 0. The van der Waals surface area contributed by atoms with Gasteiger partial charge in [-0.05, 0) is 19.8 Å². The van der Waals surface area contributed by atoms with Gasteiger partial charge >= 0.3 is 0 Å². The fraction of sp³-hybridized carbons (Fsp3) is 0.857. The summed E-state index contributed by atoms with van der Waals surface area (Å²) in [4.78, 5) is 25.8. The van der Waals surface area contributed by atoms with E-state index in [-0.39, 0.29) is 42.3 Å². The molecule has 1 aliphatic rings. The van der Waals surface area contributed by atoms with Crippen LogP contribution in [-0.4, -0.2) is 55.3 Å². The zero-order valence-corrected chi connectivity index (χ0v) is 13.9. The van der Waals surface area contributed by atoms with E-state index in [0.29, 0.717) is 12.8 Å². The van der Waals surface area contributed by atoms with Crippen molar-refractivity contribution in [1.29, 1.82) is 0 Å². The molecule has 6 nitrogen and oxygen atoms in total. The highest BCUT2D eigenvalue weighted by Crippen LogP contribution is 2.14. The Balaban J connectivity index is 2.81. The molecule has 2 amide bonds. The molecule has 0 aromatic rings. The van der Waals surface area contributed by atoms with Crippen LogP contribution < -0.4 is 5.32 Å². The molecule has 0 spiro atoms. The van der Waals surface area contributed by atoms with Crippen LogP contribution in [0.3, 0.4) is 0 Å². The third-order valence-electron chi connectivity index (χ3n) is 3.66. The molecule has 122 valence electrons. The Hall–Kier alpha value is -1.11. The molecule has 0 bridgehead atoms. The van der Waals surface area contributed by atoms with E-state index in [1.165, 1.54) is 0 Å². The molecule has 2 unspecified atom stereocenters. The van der Waals surface area contributed by atoms with Crippen molar-refractivity contribution in [2.24, 2.45) is 0 Å². The molecule has 1 N–H and O–H groups in total. The average Bonchev–Trinajstić information content (AvgIpc) is 2.46. The average molecular weight is 318 g/mol. The summed E-state index contributed by atoms with van der Waals surface area (Å²) in [6, 6.07) is -0.794. The highest BCUT2D eigenvalue weighted by Gasteiger charge is 2.33. The summed E-state index contributed by atoms with van der Waals surface area (Å²) < 4.78 is 23.6. The lowest BCUT2D eigenvalue weighted by molar-refractivity contribution is -0.134. The van der Waals surface area contributed by atoms with Gasteiger partial charge in [0.05, 0.1) is 5.75 Å². The van der Waals surface area contributed by atoms with Gasteiger partial charge in [0.2, 0.25) is 11.8 Å². The molecule has 21 heavy (non-hydrogen) atoms. The first-order valence-electron chi connectivity index (χ1n) is 7.61. The summed E-state index contributed by atoms with van der Waals surface area (Å²) in [5.41, 5.74) is 0. The van der Waals surface area contributed by atoms with Crippen molar-refractivity contribution in [3.63, 3.8) is 0 Å². The second-order valence-corrected chi connectivity index (χ2v) is 7.95. The number of nitrogens with one attached hydrogen (secondary N) is 1. The fourth-order valence-corrected chi connectivity index (χ4v) is 3.88. The van der Waals surface area contributed by atoms with E-state index in [9.17, 15) is 18.0 Å². The van der Waals surface area contributed by atoms with Gasteiger partial charge in [-0.3, -0.25) is 9.59 Å². The summed E-state index contributed by atoms with van der Waals surface area (Å²) in [6.07, 6.45) is 2.16. The molecular formula is C14H26N2O4S. The van der Waals surface area contributed by atoms with Gasteiger partial charge in [0.15, 0.2) is 9.84 Å². The molecule has 0 aliphatic carbocycles. The normalized spacial score (nSPS) is 23.9. The summed E-state index contributed by atoms with van der Waals surface area (Å²) in [5, 5.41) is 2.73. The first kappa shape index (κ1) is 17.9. The molecule has 7 heteroatoms. The van der Waals surface area contributed by atoms with Gasteiger partial charge in [-0.1, -0.05) is 20.3 Å². The number of hydrogen-bond donors (Lipinski definition) is 1. The Bertz CT molecular complexity index is 475. The fourth-order valence-electron chi connectivity index (χ4n) is 2.58. The first-order chi connectivity index (χ1) is 9.80. The van der Waals surface area contributed by atoms with Gasteiger partial charge in [-0.25, -0.2) is 8.42 Å². The Labute approximate surface area is 127 Å². The second-order valence-electron chi connectivity index (χ2n) is 5.65. The molecule has 1 fully saturated rings. The molecule has 2 atom stereocenters. The number of sulfone groups is 1. The highest BCUT2D eigenvalue weighted by molar-refractivity contribution is 7.91. The summed E-state index contributed by atoms with van der Waals surface area (Å²) in [6.45, 7) is 5.72. The van der Waals surface area contributed by atoms with Crippen LogP contribution in [-0.2, 0) is 19.4 Å². The monoisotopic (exact) mass is 318 g/mol. The molecule has 1 aliphatic heterocycles. The zero-order valence-electron chi connectivity index (χ0n) is 13.1. The molecule has 0 aromatic heterocycles. The maximum atomic E-state index is 12.5. The topological polar surface area (TPSA) is 83.6 Å². The Morgan fingerprint density at radius 1 is 1.19 bits per heavy atom. The predicted molar refractivity (Wildman–Crippen MR) is 81.6 cm³/mol. The smallest absolute Gasteiger partial charge is 0.245 e. The maximum absolute atomic E-state index is 12.5. The molecule has 1 heterocycles. The van der Waals surface area contributed by atoms with Crippen LogP contribution in [0.15, 0.2) is 0 Å². The van der Waals surface area contributed by atoms with Crippen molar-refractivity contribution in [1.82, 2.24) is 10.2 Å². The second kappa shape index (κ2) is 7.77. The quantitative estimate of drug-likeness (QED) is 0.749. The molecule has 0 saturated carbocycles. The maximum Gasteiger partial charge on any atom is 0.245 e. The van der Waals surface area contributed by atoms with Crippen LogP contribution in [0.25, 0.3) is 0 Å². The van der Waals surface area contributed by atoms with Crippen molar-refractivity contribution in [3.8, 4) is 0 Å². The predicted octanol–water partition coefficient (Wildman–Crippen LogP) is 0.717. The van der Waals surface area contributed by atoms with E-state index in [1.807, 2.05) is 13.8 Å². The van der Waals surface area contributed by atoms with Gasteiger partial charge < -0.3 is 10.2 Å². The Kier molecular flexibility index (Phi) is 6.64. The number of hydrogen-bond acceptors (Lipinski definition) is 4. The van der Waals surface area contributed by atoms with Crippen LogP contribution in [0.4, 0.5) is 0 Å². The number of carbonyl (C=O) groups is 2. The number of nitrogens with zero attached hydrogens (tertiary/aromatic N) is 1. The first-order valence-corrected chi connectivity index (χ1v) is 9.43. The van der Waals surface area contributed by atoms with Crippen molar-refractivity contribution < 1.29 is 18.0 Å². The van der Waals surface area contributed by atoms with E-state index in [0.717, 1.165) is 6.42 Å². The van der Waals surface area contributed by atoms with Crippen LogP contribution in [0, 0.1) is 0 Å². The van der Waals surface area contributed by atoms with Crippen LogP contribution in [0.2, 0.25) is 0 Å². The van der Waals surface area contributed by atoms with Crippen molar-refractivity contribution >= 4 is 21.7 Å². The lowest BCUT2D eigenvalue weighted by Gasteiger charge is -2.28. The van der Waals surface area contributed by atoms with E-state index in [4.69, 9.17) is 0 Å². The molecule has 0 radical (unpaired) electrons. The Morgan fingerprint density at radius 3 is 2.43 bits per heavy atom. The summed E-state index contributed by atoms with van der Waals surface area (Å²) in [7, 11) is -3.13. The van der Waals surface area contributed by atoms with Gasteiger partial charge in [0.1, 0.15) is 6.04 Å².